The summed E-state index contributed by atoms with van der Waals surface area (Å²) >= 11 is 15.2. The van der Waals surface area contributed by atoms with E-state index in [1.54, 1.807) is 25.2 Å². The van der Waals surface area contributed by atoms with Crippen LogP contribution < -0.4 is 11.1 Å². The van der Waals surface area contributed by atoms with E-state index in [0.29, 0.717) is 15.6 Å². The largest absolute Gasteiger partial charge is 0.370 e. The molecule has 92 valence electrons. The molecule has 1 amide bonds. The number of nitrogens with zero attached hydrogens (tertiary/aromatic N) is 1. The molecular formula is C10H10BrCl2N3O. The van der Waals surface area contributed by atoms with E-state index in [1.165, 1.54) is 0 Å². The Hall–Kier alpha value is -0.780. The van der Waals surface area contributed by atoms with Crippen molar-refractivity contribution in [2.24, 2.45) is 10.7 Å². The second-order valence-electron chi connectivity index (χ2n) is 3.08. The molecule has 0 aliphatic rings. The third-order valence-corrected chi connectivity index (χ3v) is 3.47. The van der Waals surface area contributed by atoms with Crippen molar-refractivity contribution in [2.45, 2.75) is 4.83 Å². The summed E-state index contributed by atoms with van der Waals surface area (Å²) < 4.78 is 0. The van der Waals surface area contributed by atoms with E-state index in [0.717, 1.165) is 0 Å². The number of benzene rings is 1. The van der Waals surface area contributed by atoms with E-state index in [9.17, 15) is 4.79 Å². The topological polar surface area (TPSA) is 67.5 Å². The second-order valence-corrected chi connectivity index (χ2v) is 4.81. The number of nitrogens with one attached hydrogen (secondary N) is 1. The standard InChI is InChI=1S/C10H10BrCl2N3O/c1-15-10(14)16-9(17)8(11)7-5(12)3-2-4-6(7)13/h2-4,8H,1H3,(H3,14,15,16,17). The molecule has 0 aliphatic heterocycles. The third-order valence-electron chi connectivity index (χ3n) is 1.96. The number of rotatable bonds is 2. The van der Waals surface area contributed by atoms with Crippen LogP contribution in [0.5, 0.6) is 0 Å². The molecule has 0 saturated carbocycles. The molecule has 0 fully saturated rings. The van der Waals surface area contributed by atoms with Crippen LogP contribution in [0.4, 0.5) is 0 Å². The molecule has 0 saturated heterocycles. The normalized spacial score (nSPS) is 13.3. The maximum absolute atomic E-state index is 11.7. The van der Waals surface area contributed by atoms with E-state index in [4.69, 9.17) is 28.9 Å². The fourth-order valence-corrected chi connectivity index (χ4v) is 2.58. The van der Waals surface area contributed by atoms with Gasteiger partial charge in [-0.1, -0.05) is 45.2 Å². The highest BCUT2D eigenvalue weighted by molar-refractivity contribution is 9.09. The van der Waals surface area contributed by atoms with Crippen LogP contribution in [0.3, 0.4) is 0 Å². The van der Waals surface area contributed by atoms with Crippen LogP contribution in [0, 0.1) is 0 Å². The maximum atomic E-state index is 11.7. The first kappa shape index (κ1) is 14.3. The predicted octanol–water partition coefficient (Wildman–Crippen LogP) is 2.49. The Labute approximate surface area is 117 Å². The van der Waals surface area contributed by atoms with E-state index in [2.05, 4.69) is 26.2 Å². The Kier molecular flexibility index (Phi) is 5.24. The highest BCUT2D eigenvalue weighted by atomic mass is 79.9. The van der Waals surface area contributed by atoms with Crippen molar-refractivity contribution >= 4 is 51.0 Å². The van der Waals surface area contributed by atoms with Crippen molar-refractivity contribution in [3.05, 3.63) is 33.8 Å². The van der Waals surface area contributed by atoms with E-state index >= 15 is 0 Å². The van der Waals surface area contributed by atoms with Gasteiger partial charge in [0.05, 0.1) is 0 Å². The molecule has 1 rings (SSSR count). The van der Waals surface area contributed by atoms with Crippen LogP contribution in [0.2, 0.25) is 10.0 Å². The van der Waals surface area contributed by atoms with Crippen molar-refractivity contribution in [2.75, 3.05) is 7.05 Å². The zero-order chi connectivity index (χ0) is 13.0. The maximum Gasteiger partial charge on any atom is 0.267 e. The summed E-state index contributed by atoms with van der Waals surface area (Å²) in [4.78, 5) is 14.7. The van der Waals surface area contributed by atoms with E-state index < -0.39 is 10.7 Å². The van der Waals surface area contributed by atoms with Gasteiger partial charge >= 0.3 is 0 Å². The van der Waals surface area contributed by atoms with Crippen LogP contribution in [0.1, 0.15) is 10.4 Å². The molecule has 17 heavy (non-hydrogen) atoms. The van der Waals surface area contributed by atoms with Crippen LogP contribution in [0.25, 0.3) is 0 Å². The second kappa shape index (κ2) is 6.23. The number of nitrogens with two attached hydrogens (primary N) is 1. The highest BCUT2D eigenvalue weighted by Crippen LogP contribution is 2.35. The summed E-state index contributed by atoms with van der Waals surface area (Å²) in [5.41, 5.74) is 5.88. The summed E-state index contributed by atoms with van der Waals surface area (Å²) in [6, 6.07) is 4.99. The fraction of sp³-hybridized carbons (Fsp3) is 0.200. The quantitative estimate of drug-likeness (QED) is 0.494. The molecule has 1 aromatic rings. The van der Waals surface area contributed by atoms with Gasteiger partial charge < -0.3 is 11.1 Å². The lowest BCUT2D eigenvalue weighted by atomic mass is 10.1. The number of alkyl halides is 1. The van der Waals surface area contributed by atoms with Crippen LogP contribution >= 0.6 is 39.1 Å². The molecule has 0 aromatic heterocycles. The molecule has 0 spiro atoms. The van der Waals surface area contributed by atoms with Gasteiger partial charge in [0.2, 0.25) is 0 Å². The van der Waals surface area contributed by atoms with Gasteiger partial charge in [0.1, 0.15) is 4.83 Å². The van der Waals surface area contributed by atoms with Crippen LogP contribution in [-0.2, 0) is 4.79 Å². The average molecular weight is 339 g/mol. The SMILES string of the molecule is CNC(N)=NC(=O)C(Br)c1c(Cl)cccc1Cl. The number of hydrogen-bond donors (Lipinski definition) is 2. The van der Waals surface area contributed by atoms with Gasteiger partial charge in [-0.25, -0.2) is 0 Å². The summed E-state index contributed by atoms with van der Waals surface area (Å²) in [6.07, 6.45) is 0. The summed E-state index contributed by atoms with van der Waals surface area (Å²) in [5.74, 6) is -0.450. The smallest absolute Gasteiger partial charge is 0.267 e. The zero-order valence-electron chi connectivity index (χ0n) is 8.88. The minimum Gasteiger partial charge on any atom is -0.370 e. The lowest BCUT2D eigenvalue weighted by molar-refractivity contribution is -0.117. The van der Waals surface area contributed by atoms with Gasteiger partial charge in [0.15, 0.2) is 5.96 Å². The number of hydrogen-bond acceptors (Lipinski definition) is 1. The molecule has 1 atom stereocenters. The van der Waals surface area contributed by atoms with Crippen molar-refractivity contribution in [3.63, 3.8) is 0 Å². The van der Waals surface area contributed by atoms with Crippen molar-refractivity contribution < 1.29 is 4.79 Å². The molecule has 1 aromatic carbocycles. The van der Waals surface area contributed by atoms with E-state index in [1.807, 2.05) is 0 Å². The Morgan fingerprint density at radius 1 is 1.47 bits per heavy atom. The number of guanidine groups is 1. The zero-order valence-corrected chi connectivity index (χ0v) is 12.0. The molecule has 7 heteroatoms. The molecule has 0 heterocycles. The number of carbonyl (C=O) groups is 1. The molecule has 1 unspecified atom stereocenters. The Bertz CT molecular complexity index is 445. The van der Waals surface area contributed by atoms with Gasteiger partial charge in [0, 0.05) is 22.7 Å². The minimum atomic E-state index is -0.726. The molecule has 0 bridgehead atoms. The Morgan fingerprint density at radius 3 is 2.47 bits per heavy atom. The average Bonchev–Trinajstić information content (AvgIpc) is 2.28. The van der Waals surface area contributed by atoms with Crippen molar-refractivity contribution in [3.8, 4) is 0 Å². The number of halogens is 3. The summed E-state index contributed by atoms with van der Waals surface area (Å²) in [6.45, 7) is 0. The van der Waals surface area contributed by atoms with Gasteiger partial charge in [0.25, 0.3) is 5.91 Å². The fourth-order valence-electron chi connectivity index (χ4n) is 1.11. The van der Waals surface area contributed by atoms with Crippen molar-refractivity contribution in [1.29, 1.82) is 0 Å². The first-order valence-electron chi connectivity index (χ1n) is 4.61. The van der Waals surface area contributed by atoms with Crippen molar-refractivity contribution in [1.82, 2.24) is 5.32 Å². The third kappa shape index (κ3) is 3.59. The number of amides is 1. The molecule has 3 N–H and O–H groups in total. The highest BCUT2D eigenvalue weighted by Gasteiger charge is 2.22. The lowest BCUT2D eigenvalue weighted by Gasteiger charge is -2.10. The monoisotopic (exact) mass is 337 g/mol. The van der Waals surface area contributed by atoms with Crippen LogP contribution in [0.15, 0.2) is 23.2 Å². The minimum absolute atomic E-state index is 0.0302. The molecular weight excluding hydrogens is 329 g/mol. The molecule has 0 radical (unpaired) electrons. The number of carbonyl (C=O) groups excluding carboxylic acids is 1. The van der Waals surface area contributed by atoms with Gasteiger partial charge in [-0.3, -0.25) is 4.79 Å². The lowest BCUT2D eigenvalue weighted by Crippen LogP contribution is -2.29. The molecule has 0 aliphatic carbocycles. The first-order valence-corrected chi connectivity index (χ1v) is 6.28. The summed E-state index contributed by atoms with van der Waals surface area (Å²) in [5, 5.41) is 3.34. The van der Waals surface area contributed by atoms with Gasteiger partial charge in [-0.05, 0) is 12.1 Å². The Balaban J connectivity index is 3.05. The molecule has 4 nitrogen and oxygen atoms in total. The van der Waals surface area contributed by atoms with Crippen LogP contribution in [-0.4, -0.2) is 18.9 Å². The predicted molar refractivity (Wildman–Crippen MR) is 73.8 cm³/mol. The first-order chi connectivity index (χ1) is 7.97. The van der Waals surface area contributed by atoms with Gasteiger partial charge in [-0.2, -0.15) is 4.99 Å². The Morgan fingerprint density at radius 2 is 2.00 bits per heavy atom. The van der Waals surface area contributed by atoms with E-state index in [-0.39, 0.29) is 5.96 Å². The van der Waals surface area contributed by atoms with Gasteiger partial charge in [-0.15, -0.1) is 0 Å². The summed E-state index contributed by atoms with van der Waals surface area (Å²) in [7, 11) is 1.57. The number of aliphatic imine (C=N–C) groups is 1.